The van der Waals surface area contributed by atoms with Crippen LogP contribution in [0.1, 0.15) is 29.8 Å². The monoisotopic (exact) mass is 515 g/mol. The molecule has 9 nitrogen and oxygen atoms in total. The molecule has 0 unspecified atom stereocenters. The van der Waals surface area contributed by atoms with Crippen LogP contribution < -0.4 is 4.90 Å². The molecule has 0 aliphatic carbocycles. The Morgan fingerprint density at radius 3 is 1.97 bits per heavy atom. The molecule has 4 aromatic rings. The van der Waals surface area contributed by atoms with Gasteiger partial charge >= 0.3 is 0 Å². The minimum atomic E-state index is 0.538. The first kappa shape index (κ1) is 24.0. The number of aryl methyl sites for hydroxylation is 3. The highest BCUT2D eigenvalue weighted by atomic mass is 32.1. The van der Waals surface area contributed by atoms with Crippen molar-refractivity contribution < 1.29 is 0 Å². The molecule has 2 aromatic heterocycles. The smallest absolute Gasteiger partial charge is 0.249 e. The zero-order chi connectivity index (χ0) is 24.9. The molecule has 0 amide bonds. The Kier molecular flexibility index (Phi) is 7.28. The summed E-state index contributed by atoms with van der Waals surface area (Å²) in [6, 6.07) is 15.6. The molecular weight excluding hydrogens is 490 g/mol. The Hall–Kier alpha value is -3.70. The number of hydrogen-bond donors (Lipinski definition) is 0. The van der Waals surface area contributed by atoms with Crippen LogP contribution in [-0.2, 0) is 0 Å². The summed E-state index contributed by atoms with van der Waals surface area (Å²) in [5.41, 5.74) is 5.01. The van der Waals surface area contributed by atoms with Crippen LogP contribution in [0, 0.1) is 20.8 Å². The molecule has 0 saturated carbocycles. The first-order valence-corrected chi connectivity index (χ1v) is 13.2. The number of benzene rings is 2. The highest BCUT2D eigenvalue weighted by molar-refractivity contribution is 7.19. The van der Waals surface area contributed by atoms with Gasteiger partial charge in [-0.15, -0.1) is 20.5 Å². The highest BCUT2D eigenvalue weighted by Crippen LogP contribution is 2.35. The third-order valence-corrected chi connectivity index (χ3v) is 7.38. The maximum atomic E-state index is 4.43. The summed E-state index contributed by atoms with van der Waals surface area (Å²) in [6.07, 6.45) is 2.53. The van der Waals surface area contributed by atoms with Crippen molar-refractivity contribution in [2.75, 3.05) is 18.0 Å². The predicted octanol–water partition coefficient (Wildman–Crippen LogP) is 9.37. The van der Waals surface area contributed by atoms with Gasteiger partial charge in [-0.05, 0) is 93.3 Å². The standard InChI is InChI=1S/C25H25N9S2/c1-16-15-20(28-31-23-10-11-24(35-23)34-12-4-5-13-34)7-8-21(16)29-27-19-6-9-22(17(2)14-19)30-32-25-26-18(3)33-36-25/h6-11,14-15H,4-5,12-13H2,1-3H3/b29-27+,31-28+,32-30+. The zero-order valence-electron chi connectivity index (χ0n) is 20.3. The fraction of sp³-hybridized carbons (Fsp3) is 0.280. The number of thiophene rings is 1. The van der Waals surface area contributed by atoms with E-state index in [0.717, 1.165) is 52.0 Å². The van der Waals surface area contributed by atoms with Crippen LogP contribution in [0.25, 0.3) is 0 Å². The topological polar surface area (TPSA) is 103 Å². The van der Waals surface area contributed by atoms with E-state index < -0.39 is 0 Å². The molecule has 3 heterocycles. The van der Waals surface area contributed by atoms with E-state index in [4.69, 9.17) is 0 Å². The predicted molar refractivity (Wildman–Crippen MR) is 145 cm³/mol. The second-order valence-corrected chi connectivity index (χ2v) is 10.2. The minimum Gasteiger partial charge on any atom is -0.363 e. The Morgan fingerprint density at radius 1 is 0.722 bits per heavy atom. The maximum absolute atomic E-state index is 4.43. The van der Waals surface area contributed by atoms with Gasteiger partial charge in [0.25, 0.3) is 0 Å². The third-order valence-electron chi connectivity index (χ3n) is 5.65. The lowest BCUT2D eigenvalue weighted by atomic mass is 10.2. The van der Waals surface area contributed by atoms with E-state index in [0.29, 0.717) is 11.0 Å². The van der Waals surface area contributed by atoms with Gasteiger partial charge in [-0.2, -0.15) is 14.6 Å². The summed E-state index contributed by atoms with van der Waals surface area (Å²) in [6.45, 7) is 8.05. The number of hydrogen-bond acceptors (Lipinski definition) is 11. The average molecular weight is 516 g/mol. The van der Waals surface area contributed by atoms with Crippen molar-refractivity contribution >= 4 is 60.8 Å². The summed E-state index contributed by atoms with van der Waals surface area (Å²) < 4.78 is 4.11. The second kappa shape index (κ2) is 10.9. The Bertz CT molecular complexity index is 1450. The quantitative estimate of drug-likeness (QED) is 0.229. The molecule has 1 aliphatic heterocycles. The fourth-order valence-corrected chi connectivity index (χ4v) is 5.13. The lowest BCUT2D eigenvalue weighted by Crippen LogP contribution is -2.15. The van der Waals surface area contributed by atoms with Crippen molar-refractivity contribution in [3.8, 4) is 0 Å². The Labute approximate surface area is 217 Å². The first-order chi connectivity index (χ1) is 17.5. The van der Waals surface area contributed by atoms with Crippen LogP contribution in [-0.4, -0.2) is 22.4 Å². The summed E-state index contributed by atoms with van der Waals surface area (Å²) >= 11 is 2.91. The van der Waals surface area contributed by atoms with Gasteiger partial charge in [0.1, 0.15) is 10.8 Å². The summed E-state index contributed by atoms with van der Waals surface area (Å²) in [4.78, 5) is 6.60. The van der Waals surface area contributed by atoms with Gasteiger partial charge in [0.15, 0.2) is 0 Å². The van der Waals surface area contributed by atoms with Gasteiger partial charge in [0.2, 0.25) is 5.13 Å². The molecule has 5 rings (SSSR count). The normalized spacial score (nSPS) is 14.2. The van der Waals surface area contributed by atoms with E-state index in [-0.39, 0.29) is 0 Å². The van der Waals surface area contributed by atoms with Crippen LogP contribution in [0.4, 0.5) is 37.9 Å². The van der Waals surface area contributed by atoms with Gasteiger partial charge in [0, 0.05) is 24.6 Å². The largest absolute Gasteiger partial charge is 0.363 e. The summed E-state index contributed by atoms with van der Waals surface area (Å²) in [5.74, 6) is 0.696. The average Bonchev–Trinajstić information content (AvgIpc) is 3.64. The van der Waals surface area contributed by atoms with Crippen molar-refractivity contribution in [1.29, 1.82) is 0 Å². The van der Waals surface area contributed by atoms with Crippen LogP contribution in [0.3, 0.4) is 0 Å². The molecule has 182 valence electrons. The third kappa shape index (κ3) is 5.92. The minimum absolute atomic E-state index is 0.538. The Balaban J connectivity index is 1.23. The van der Waals surface area contributed by atoms with E-state index in [1.807, 2.05) is 63.2 Å². The molecule has 2 aromatic carbocycles. The SMILES string of the molecule is Cc1nsc(/N=N/c2ccc(/N=N/c3ccc(/N=N/c4ccc(N5CCCC5)s4)cc3C)cc2C)n1. The van der Waals surface area contributed by atoms with Crippen LogP contribution in [0.15, 0.2) is 79.2 Å². The van der Waals surface area contributed by atoms with Gasteiger partial charge in [-0.3, -0.25) is 0 Å². The van der Waals surface area contributed by atoms with Crippen LogP contribution >= 0.6 is 22.9 Å². The second-order valence-electron chi connectivity index (χ2n) is 8.47. The molecule has 0 spiro atoms. The lowest BCUT2D eigenvalue weighted by Gasteiger charge is -2.13. The van der Waals surface area contributed by atoms with Crippen molar-refractivity contribution in [3.05, 3.63) is 65.5 Å². The van der Waals surface area contributed by atoms with Crippen LogP contribution in [0.5, 0.6) is 0 Å². The summed E-state index contributed by atoms with van der Waals surface area (Å²) in [5, 5.41) is 28.8. The number of nitrogens with zero attached hydrogens (tertiary/aromatic N) is 9. The Morgan fingerprint density at radius 2 is 1.36 bits per heavy atom. The molecular formula is C25H25N9S2. The maximum Gasteiger partial charge on any atom is 0.249 e. The molecule has 11 heteroatoms. The molecule has 0 radical (unpaired) electrons. The molecule has 0 N–H and O–H groups in total. The van der Waals surface area contributed by atoms with Crippen molar-refractivity contribution in [2.24, 2.45) is 30.7 Å². The molecule has 1 aliphatic rings. The van der Waals surface area contributed by atoms with E-state index >= 15 is 0 Å². The molecule has 0 atom stereocenters. The number of aromatic nitrogens is 2. The van der Waals surface area contributed by atoms with Gasteiger partial charge < -0.3 is 4.90 Å². The number of anilines is 1. The fourth-order valence-electron chi connectivity index (χ4n) is 3.75. The molecule has 0 bridgehead atoms. The summed E-state index contributed by atoms with van der Waals surface area (Å²) in [7, 11) is 0. The molecule has 36 heavy (non-hydrogen) atoms. The van der Waals surface area contributed by atoms with Crippen molar-refractivity contribution in [1.82, 2.24) is 9.36 Å². The van der Waals surface area contributed by atoms with Gasteiger partial charge in [-0.25, -0.2) is 4.98 Å². The molecule has 1 fully saturated rings. The van der Waals surface area contributed by atoms with E-state index in [1.165, 1.54) is 29.4 Å². The highest BCUT2D eigenvalue weighted by Gasteiger charge is 2.14. The van der Waals surface area contributed by atoms with Crippen molar-refractivity contribution in [3.63, 3.8) is 0 Å². The zero-order valence-corrected chi connectivity index (χ0v) is 21.9. The first-order valence-electron chi connectivity index (χ1n) is 11.7. The van der Waals surface area contributed by atoms with Gasteiger partial charge in [-0.1, -0.05) is 11.3 Å². The van der Waals surface area contributed by atoms with E-state index in [9.17, 15) is 0 Å². The molecule has 1 saturated heterocycles. The van der Waals surface area contributed by atoms with Gasteiger partial charge in [0.05, 0.1) is 27.8 Å². The van der Waals surface area contributed by atoms with Crippen LogP contribution in [0.2, 0.25) is 0 Å². The number of rotatable bonds is 7. The van der Waals surface area contributed by atoms with E-state index in [2.05, 4.69) is 51.0 Å². The van der Waals surface area contributed by atoms with Crippen molar-refractivity contribution in [2.45, 2.75) is 33.6 Å². The van der Waals surface area contributed by atoms with E-state index in [1.54, 1.807) is 11.3 Å². The number of azo groups is 3. The lowest BCUT2D eigenvalue weighted by molar-refractivity contribution is 0.949.